The Bertz CT molecular complexity index is 1190. The van der Waals surface area contributed by atoms with E-state index in [9.17, 15) is 14.4 Å². The van der Waals surface area contributed by atoms with Crippen LogP contribution in [-0.4, -0.2) is 53.9 Å². The number of amides is 2. The van der Waals surface area contributed by atoms with Crippen LogP contribution in [0.3, 0.4) is 0 Å². The van der Waals surface area contributed by atoms with Gasteiger partial charge >= 0.3 is 6.09 Å². The third-order valence-corrected chi connectivity index (χ3v) is 4.55. The van der Waals surface area contributed by atoms with E-state index in [1.165, 1.54) is 10.7 Å². The van der Waals surface area contributed by atoms with Crippen LogP contribution >= 0.6 is 0 Å². The van der Waals surface area contributed by atoms with Crippen molar-refractivity contribution in [2.45, 2.75) is 13.5 Å². The number of carbonyl (C=O) groups excluding carboxylic acids is 2. The molecular formula is C24H27N5O4. The summed E-state index contributed by atoms with van der Waals surface area (Å²) < 4.78 is 6.25. The number of anilines is 2. The van der Waals surface area contributed by atoms with E-state index in [-0.39, 0.29) is 31.2 Å². The molecule has 0 aliphatic carbocycles. The maximum Gasteiger partial charge on any atom is 0.411 e. The van der Waals surface area contributed by atoms with Gasteiger partial charge in [-0.2, -0.15) is 5.10 Å². The molecular weight excluding hydrogens is 422 g/mol. The van der Waals surface area contributed by atoms with Crippen LogP contribution in [0.15, 0.2) is 65.5 Å². The van der Waals surface area contributed by atoms with Gasteiger partial charge in [0, 0.05) is 23.0 Å². The van der Waals surface area contributed by atoms with E-state index in [4.69, 9.17) is 4.74 Å². The Kier molecular flexibility index (Phi) is 7.93. The summed E-state index contributed by atoms with van der Waals surface area (Å²) in [6.07, 6.45) is -0.538. The smallest absolute Gasteiger partial charge is 0.411 e. The van der Waals surface area contributed by atoms with Crippen LogP contribution in [0.25, 0.3) is 11.3 Å². The van der Waals surface area contributed by atoms with Gasteiger partial charge in [0.25, 0.3) is 5.56 Å². The summed E-state index contributed by atoms with van der Waals surface area (Å²) in [6.45, 7) is 2.51. The van der Waals surface area contributed by atoms with E-state index in [0.29, 0.717) is 17.1 Å². The van der Waals surface area contributed by atoms with Gasteiger partial charge in [0.15, 0.2) is 0 Å². The fraction of sp³-hybridized carbons (Fsp3) is 0.250. The van der Waals surface area contributed by atoms with E-state index in [1.807, 2.05) is 38.4 Å². The topological polar surface area (TPSA) is 106 Å². The summed E-state index contributed by atoms with van der Waals surface area (Å²) in [6, 6.07) is 17.5. The monoisotopic (exact) mass is 449 g/mol. The van der Waals surface area contributed by atoms with Crippen molar-refractivity contribution in [3.8, 4) is 11.3 Å². The second kappa shape index (κ2) is 11.1. The first-order valence-corrected chi connectivity index (χ1v) is 10.5. The van der Waals surface area contributed by atoms with Crippen LogP contribution in [0, 0.1) is 0 Å². The molecule has 0 spiro atoms. The maximum absolute atomic E-state index is 12.4. The first-order valence-electron chi connectivity index (χ1n) is 10.5. The zero-order chi connectivity index (χ0) is 23.8. The van der Waals surface area contributed by atoms with Gasteiger partial charge in [-0.15, -0.1) is 0 Å². The molecule has 33 heavy (non-hydrogen) atoms. The second-order valence-corrected chi connectivity index (χ2v) is 7.63. The Morgan fingerprint density at radius 3 is 2.45 bits per heavy atom. The minimum absolute atomic E-state index is 0.119. The lowest BCUT2D eigenvalue weighted by Crippen LogP contribution is -2.27. The molecule has 0 saturated heterocycles. The SMILES string of the molecule is CCOC(=O)Nc1cccc(Cn2nc(-c3cccc(NC(=O)CN(C)C)c3)ccc2=O)c1. The zero-order valence-electron chi connectivity index (χ0n) is 18.9. The van der Waals surface area contributed by atoms with Gasteiger partial charge in [-0.1, -0.05) is 24.3 Å². The Hall–Kier alpha value is -3.98. The number of hydrogen-bond acceptors (Lipinski definition) is 6. The van der Waals surface area contributed by atoms with Crippen LogP contribution in [0.5, 0.6) is 0 Å². The van der Waals surface area contributed by atoms with Gasteiger partial charge in [-0.25, -0.2) is 9.48 Å². The molecule has 2 aromatic carbocycles. The summed E-state index contributed by atoms with van der Waals surface area (Å²) in [4.78, 5) is 37.9. The van der Waals surface area contributed by atoms with Crippen molar-refractivity contribution in [2.24, 2.45) is 0 Å². The number of aromatic nitrogens is 2. The van der Waals surface area contributed by atoms with Gasteiger partial charge in [0.2, 0.25) is 5.91 Å². The highest BCUT2D eigenvalue weighted by Gasteiger charge is 2.09. The molecule has 9 nitrogen and oxygen atoms in total. The van der Waals surface area contributed by atoms with E-state index >= 15 is 0 Å². The first kappa shape index (κ1) is 23.7. The van der Waals surface area contributed by atoms with Crippen molar-refractivity contribution < 1.29 is 14.3 Å². The van der Waals surface area contributed by atoms with Crippen molar-refractivity contribution >= 4 is 23.4 Å². The van der Waals surface area contributed by atoms with Gasteiger partial charge in [0.05, 0.1) is 25.4 Å². The summed E-state index contributed by atoms with van der Waals surface area (Å²) in [7, 11) is 3.65. The average molecular weight is 450 g/mol. The molecule has 0 aliphatic heterocycles. The lowest BCUT2D eigenvalue weighted by molar-refractivity contribution is -0.116. The molecule has 9 heteroatoms. The molecule has 0 saturated carbocycles. The molecule has 2 amide bonds. The Balaban J connectivity index is 1.79. The predicted octanol–water partition coefficient (Wildman–Crippen LogP) is 3.03. The van der Waals surface area contributed by atoms with E-state index in [1.54, 1.807) is 42.2 Å². The van der Waals surface area contributed by atoms with E-state index in [0.717, 1.165) is 11.1 Å². The minimum Gasteiger partial charge on any atom is -0.450 e. The molecule has 1 heterocycles. The van der Waals surface area contributed by atoms with Crippen LogP contribution < -0.4 is 16.2 Å². The van der Waals surface area contributed by atoms with Crippen molar-refractivity contribution in [1.82, 2.24) is 14.7 Å². The average Bonchev–Trinajstić information content (AvgIpc) is 2.75. The van der Waals surface area contributed by atoms with Crippen molar-refractivity contribution in [1.29, 1.82) is 0 Å². The molecule has 0 atom stereocenters. The van der Waals surface area contributed by atoms with Crippen molar-refractivity contribution in [3.05, 3.63) is 76.6 Å². The highest BCUT2D eigenvalue weighted by atomic mass is 16.5. The lowest BCUT2D eigenvalue weighted by Gasteiger charge is -2.12. The molecule has 0 unspecified atom stereocenters. The number of ether oxygens (including phenoxy) is 1. The quantitative estimate of drug-likeness (QED) is 0.548. The fourth-order valence-corrected chi connectivity index (χ4v) is 3.17. The number of nitrogens with zero attached hydrogens (tertiary/aromatic N) is 3. The van der Waals surface area contributed by atoms with Gasteiger partial charge in [0.1, 0.15) is 0 Å². The molecule has 1 aromatic heterocycles. The Morgan fingerprint density at radius 1 is 1.00 bits per heavy atom. The number of rotatable bonds is 8. The third-order valence-electron chi connectivity index (χ3n) is 4.55. The second-order valence-electron chi connectivity index (χ2n) is 7.63. The summed E-state index contributed by atoms with van der Waals surface area (Å²) >= 11 is 0. The molecule has 172 valence electrons. The number of carbonyl (C=O) groups is 2. The van der Waals surface area contributed by atoms with Gasteiger partial charge < -0.3 is 15.0 Å². The number of hydrogen-bond donors (Lipinski definition) is 2. The van der Waals surface area contributed by atoms with Crippen molar-refractivity contribution in [3.63, 3.8) is 0 Å². The third kappa shape index (κ3) is 7.01. The molecule has 2 N–H and O–H groups in total. The molecule has 3 aromatic rings. The summed E-state index contributed by atoms with van der Waals surface area (Å²) in [5.41, 5.74) is 3.12. The van der Waals surface area contributed by atoms with Crippen LogP contribution in [0.1, 0.15) is 12.5 Å². The lowest BCUT2D eigenvalue weighted by atomic mass is 10.1. The molecule has 0 bridgehead atoms. The largest absolute Gasteiger partial charge is 0.450 e. The van der Waals surface area contributed by atoms with Crippen LogP contribution in [0.2, 0.25) is 0 Å². The van der Waals surface area contributed by atoms with Crippen LogP contribution in [0.4, 0.5) is 16.2 Å². The van der Waals surface area contributed by atoms with Gasteiger partial charge in [-0.3, -0.25) is 14.9 Å². The molecule has 3 rings (SSSR count). The minimum atomic E-state index is -0.538. The molecule has 0 radical (unpaired) electrons. The van der Waals surface area contributed by atoms with Gasteiger partial charge in [-0.05, 0) is 56.9 Å². The first-order chi connectivity index (χ1) is 15.8. The summed E-state index contributed by atoms with van der Waals surface area (Å²) in [5, 5.41) is 10.0. The standard InChI is InChI=1S/C24H27N5O4/c1-4-33-24(32)26-19-9-5-7-17(13-19)15-29-23(31)12-11-21(27-29)18-8-6-10-20(14-18)25-22(30)16-28(2)3/h5-14H,4,15-16H2,1-3H3,(H,25,30)(H,26,32). The predicted molar refractivity (Wildman–Crippen MR) is 127 cm³/mol. The normalized spacial score (nSPS) is 10.7. The zero-order valence-corrected chi connectivity index (χ0v) is 18.9. The highest BCUT2D eigenvalue weighted by molar-refractivity contribution is 5.92. The number of benzene rings is 2. The molecule has 0 aliphatic rings. The van der Waals surface area contributed by atoms with E-state index in [2.05, 4.69) is 15.7 Å². The summed E-state index contributed by atoms with van der Waals surface area (Å²) in [5.74, 6) is -0.119. The maximum atomic E-state index is 12.4. The van der Waals surface area contributed by atoms with Crippen LogP contribution in [-0.2, 0) is 16.1 Å². The molecule has 0 fully saturated rings. The van der Waals surface area contributed by atoms with Crippen molar-refractivity contribution in [2.75, 3.05) is 37.9 Å². The fourth-order valence-electron chi connectivity index (χ4n) is 3.17. The van der Waals surface area contributed by atoms with E-state index < -0.39 is 6.09 Å². The number of likely N-dealkylation sites (N-methyl/N-ethyl adjacent to an activating group) is 1. The Morgan fingerprint density at radius 2 is 1.73 bits per heavy atom. The highest BCUT2D eigenvalue weighted by Crippen LogP contribution is 2.20. The number of nitrogens with one attached hydrogen (secondary N) is 2. The Labute approximate surface area is 192 Å².